The van der Waals surface area contributed by atoms with Crippen LogP contribution in [-0.2, 0) is 0 Å². The highest BCUT2D eigenvalue weighted by molar-refractivity contribution is 7.99. The van der Waals surface area contributed by atoms with E-state index in [9.17, 15) is 0 Å². The van der Waals surface area contributed by atoms with Crippen molar-refractivity contribution in [2.24, 2.45) is 0 Å². The molecule has 1 fully saturated rings. The second-order valence-electron chi connectivity index (χ2n) is 3.71. The molecule has 0 bridgehead atoms. The van der Waals surface area contributed by atoms with E-state index in [1.165, 1.54) is 29.2 Å². The summed E-state index contributed by atoms with van der Waals surface area (Å²) in [5, 5.41) is 3.67. The van der Waals surface area contributed by atoms with Gasteiger partial charge in [0.05, 0.1) is 5.51 Å². The van der Waals surface area contributed by atoms with Crippen LogP contribution in [0.4, 0.5) is 0 Å². The third kappa shape index (κ3) is 2.72. The van der Waals surface area contributed by atoms with Crippen LogP contribution in [0.15, 0.2) is 11.7 Å². The van der Waals surface area contributed by atoms with Gasteiger partial charge in [0.1, 0.15) is 0 Å². The summed E-state index contributed by atoms with van der Waals surface area (Å²) in [6.07, 6.45) is 4.66. The van der Waals surface area contributed by atoms with Crippen LogP contribution in [-0.4, -0.2) is 22.5 Å². The van der Waals surface area contributed by atoms with Gasteiger partial charge in [0.15, 0.2) is 0 Å². The molecule has 1 aliphatic heterocycles. The molecule has 78 valence electrons. The largest absolute Gasteiger partial charge is 0.306 e. The SMILES string of the molecule is CC(NC1CCCSC1)c1cncs1. The standard InChI is InChI=1S/C10H16N2S2/c1-8(10-5-11-7-14-10)12-9-3-2-4-13-6-9/h5,7-9,12H,2-4,6H2,1H3. The van der Waals surface area contributed by atoms with Crippen molar-refractivity contribution in [1.82, 2.24) is 10.3 Å². The van der Waals surface area contributed by atoms with Crippen molar-refractivity contribution >= 4 is 23.1 Å². The van der Waals surface area contributed by atoms with E-state index in [0.717, 1.165) is 0 Å². The monoisotopic (exact) mass is 228 g/mol. The Labute approximate surface area is 93.5 Å². The van der Waals surface area contributed by atoms with Gasteiger partial charge in [-0.25, -0.2) is 0 Å². The smallest absolute Gasteiger partial charge is 0.0794 e. The van der Waals surface area contributed by atoms with Gasteiger partial charge in [0.25, 0.3) is 0 Å². The van der Waals surface area contributed by atoms with E-state index in [1.807, 2.05) is 11.7 Å². The van der Waals surface area contributed by atoms with Crippen molar-refractivity contribution in [3.05, 3.63) is 16.6 Å². The van der Waals surface area contributed by atoms with Crippen LogP contribution in [0.3, 0.4) is 0 Å². The third-order valence-corrected chi connectivity index (χ3v) is 4.70. The molecule has 1 saturated heterocycles. The van der Waals surface area contributed by atoms with Gasteiger partial charge in [-0.15, -0.1) is 11.3 Å². The van der Waals surface area contributed by atoms with Crippen LogP contribution in [0.1, 0.15) is 30.7 Å². The molecular weight excluding hydrogens is 212 g/mol. The minimum absolute atomic E-state index is 0.464. The second kappa shape index (κ2) is 5.14. The van der Waals surface area contributed by atoms with Gasteiger partial charge in [0, 0.05) is 28.9 Å². The summed E-state index contributed by atoms with van der Waals surface area (Å²) in [6, 6.07) is 1.16. The lowest BCUT2D eigenvalue weighted by Gasteiger charge is -2.25. The Morgan fingerprint density at radius 3 is 3.21 bits per heavy atom. The molecule has 0 aromatic carbocycles. The van der Waals surface area contributed by atoms with Crippen molar-refractivity contribution < 1.29 is 0 Å². The van der Waals surface area contributed by atoms with Crippen LogP contribution < -0.4 is 5.32 Å². The number of aromatic nitrogens is 1. The van der Waals surface area contributed by atoms with Gasteiger partial charge in [-0.3, -0.25) is 4.98 Å². The molecule has 2 nitrogen and oxygen atoms in total. The van der Waals surface area contributed by atoms with E-state index in [4.69, 9.17) is 0 Å². The first kappa shape index (κ1) is 10.5. The zero-order valence-corrected chi connectivity index (χ0v) is 10.0. The molecule has 1 aliphatic rings. The molecule has 0 aliphatic carbocycles. The molecule has 2 rings (SSSR count). The minimum Gasteiger partial charge on any atom is -0.306 e. The van der Waals surface area contributed by atoms with Crippen LogP contribution in [0.25, 0.3) is 0 Å². The zero-order chi connectivity index (χ0) is 9.80. The number of rotatable bonds is 3. The molecule has 2 unspecified atom stereocenters. The van der Waals surface area contributed by atoms with Crippen LogP contribution in [0, 0.1) is 0 Å². The van der Waals surface area contributed by atoms with Crippen LogP contribution in [0.2, 0.25) is 0 Å². The maximum Gasteiger partial charge on any atom is 0.0794 e. The van der Waals surface area contributed by atoms with Gasteiger partial charge < -0.3 is 5.32 Å². The van der Waals surface area contributed by atoms with Gasteiger partial charge in [-0.1, -0.05) is 0 Å². The highest BCUT2D eigenvalue weighted by atomic mass is 32.2. The molecule has 2 atom stereocenters. The van der Waals surface area contributed by atoms with Crippen LogP contribution in [0.5, 0.6) is 0 Å². The summed E-state index contributed by atoms with van der Waals surface area (Å²) in [6.45, 7) is 2.23. The van der Waals surface area contributed by atoms with Crippen molar-refractivity contribution in [2.75, 3.05) is 11.5 Å². The van der Waals surface area contributed by atoms with Gasteiger partial charge >= 0.3 is 0 Å². The van der Waals surface area contributed by atoms with Crippen molar-refractivity contribution in [3.8, 4) is 0 Å². The molecule has 1 N–H and O–H groups in total. The van der Waals surface area contributed by atoms with E-state index in [2.05, 4.69) is 29.0 Å². The predicted molar refractivity (Wildman–Crippen MR) is 64.0 cm³/mol. The second-order valence-corrected chi connectivity index (χ2v) is 5.77. The Hall–Kier alpha value is -0.0600. The van der Waals surface area contributed by atoms with Gasteiger partial charge in [-0.05, 0) is 25.5 Å². The molecule has 0 saturated carbocycles. The predicted octanol–water partition coefficient (Wildman–Crippen LogP) is 2.69. The molecule has 1 aromatic heterocycles. The van der Waals surface area contributed by atoms with Crippen molar-refractivity contribution in [1.29, 1.82) is 0 Å². The first-order valence-corrected chi connectivity index (χ1v) is 7.12. The van der Waals surface area contributed by atoms with Crippen molar-refractivity contribution in [3.63, 3.8) is 0 Å². The maximum absolute atomic E-state index is 4.11. The Morgan fingerprint density at radius 2 is 2.57 bits per heavy atom. The normalized spacial score (nSPS) is 24.8. The number of thioether (sulfide) groups is 1. The Bertz CT molecular complexity index is 255. The lowest BCUT2D eigenvalue weighted by Crippen LogP contribution is -2.35. The molecule has 1 aromatic rings. The highest BCUT2D eigenvalue weighted by Crippen LogP contribution is 2.22. The summed E-state index contributed by atoms with van der Waals surface area (Å²) < 4.78 is 0. The summed E-state index contributed by atoms with van der Waals surface area (Å²) in [4.78, 5) is 5.46. The fourth-order valence-electron chi connectivity index (χ4n) is 1.75. The summed E-state index contributed by atoms with van der Waals surface area (Å²) >= 11 is 3.81. The Kier molecular flexibility index (Phi) is 3.84. The number of hydrogen-bond acceptors (Lipinski definition) is 4. The quantitative estimate of drug-likeness (QED) is 0.861. The zero-order valence-electron chi connectivity index (χ0n) is 8.40. The molecular formula is C10H16N2S2. The third-order valence-electron chi connectivity index (χ3n) is 2.52. The Balaban J connectivity index is 1.84. The molecule has 4 heteroatoms. The maximum atomic E-state index is 4.11. The first-order valence-electron chi connectivity index (χ1n) is 5.08. The summed E-state index contributed by atoms with van der Waals surface area (Å²) in [5.41, 5.74) is 1.91. The minimum atomic E-state index is 0.464. The van der Waals surface area contributed by atoms with Gasteiger partial charge in [-0.2, -0.15) is 11.8 Å². The van der Waals surface area contributed by atoms with Gasteiger partial charge in [0.2, 0.25) is 0 Å². The first-order chi connectivity index (χ1) is 6.86. The average Bonchev–Trinajstić information content (AvgIpc) is 2.72. The van der Waals surface area contributed by atoms with E-state index in [-0.39, 0.29) is 0 Å². The topological polar surface area (TPSA) is 24.9 Å². The van der Waals surface area contributed by atoms with E-state index < -0.39 is 0 Å². The highest BCUT2D eigenvalue weighted by Gasteiger charge is 2.16. The van der Waals surface area contributed by atoms with E-state index in [0.29, 0.717) is 12.1 Å². The molecule has 14 heavy (non-hydrogen) atoms. The number of hydrogen-bond donors (Lipinski definition) is 1. The summed E-state index contributed by atoms with van der Waals surface area (Å²) in [5.74, 6) is 2.61. The number of nitrogens with zero attached hydrogens (tertiary/aromatic N) is 1. The fraction of sp³-hybridized carbons (Fsp3) is 0.700. The van der Waals surface area contributed by atoms with Crippen molar-refractivity contribution in [2.45, 2.75) is 31.8 Å². The molecule has 2 heterocycles. The van der Waals surface area contributed by atoms with E-state index in [1.54, 1.807) is 11.3 Å². The molecule has 0 amide bonds. The fourth-order valence-corrected chi connectivity index (χ4v) is 3.47. The lowest BCUT2D eigenvalue weighted by molar-refractivity contribution is 0.456. The lowest BCUT2D eigenvalue weighted by atomic mass is 10.1. The number of nitrogens with one attached hydrogen (secondary N) is 1. The molecule has 0 spiro atoms. The summed E-state index contributed by atoms with van der Waals surface area (Å²) in [7, 11) is 0. The Morgan fingerprint density at radius 1 is 1.64 bits per heavy atom. The average molecular weight is 228 g/mol. The van der Waals surface area contributed by atoms with E-state index >= 15 is 0 Å². The molecule has 0 radical (unpaired) electrons. The van der Waals surface area contributed by atoms with Crippen LogP contribution >= 0.6 is 23.1 Å². The number of thiazole rings is 1.